The molecule has 2 rings (SSSR count). The van der Waals surface area contributed by atoms with Crippen molar-refractivity contribution in [1.82, 2.24) is 0 Å². The van der Waals surface area contributed by atoms with Crippen molar-refractivity contribution in [3.8, 4) is 5.75 Å². The van der Waals surface area contributed by atoms with E-state index >= 15 is 0 Å². The Morgan fingerprint density at radius 1 is 1.08 bits per heavy atom. The lowest BCUT2D eigenvalue weighted by Crippen LogP contribution is -2.36. The highest BCUT2D eigenvalue weighted by molar-refractivity contribution is 6.33. The minimum atomic E-state index is -1.50. The first-order valence-electron chi connectivity index (χ1n) is 7.42. The second-order valence-electron chi connectivity index (χ2n) is 5.41. The summed E-state index contributed by atoms with van der Waals surface area (Å²) in [6.07, 6.45) is -0.121. The highest BCUT2D eigenvalue weighted by Gasteiger charge is 2.17. The number of aliphatic carboxylic acids is 1. The Balaban J connectivity index is 1.93. The molecular formula is C18H16FNO5. The highest BCUT2D eigenvalue weighted by Crippen LogP contribution is 2.14. The van der Waals surface area contributed by atoms with Crippen LogP contribution >= 0.6 is 0 Å². The quantitative estimate of drug-likeness (QED) is 0.447. The molecule has 1 unspecified atom stereocenters. The number of ketones is 1. The first-order chi connectivity index (χ1) is 11.8. The number of carboxylic acids is 1. The maximum atomic E-state index is 13.1. The van der Waals surface area contributed by atoms with E-state index in [1.165, 1.54) is 42.5 Å². The molecule has 25 heavy (non-hydrogen) atoms. The molecule has 0 radical (unpaired) electrons. The molecule has 1 atom stereocenters. The molecule has 7 heteroatoms. The third kappa shape index (κ3) is 5.50. The van der Waals surface area contributed by atoms with Crippen molar-refractivity contribution in [2.45, 2.75) is 18.9 Å². The van der Waals surface area contributed by atoms with Gasteiger partial charge in [-0.2, -0.15) is 0 Å². The molecule has 0 saturated carbocycles. The first-order valence-corrected chi connectivity index (χ1v) is 7.42. The van der Waals surface area contributed by atoms with E-state index in [1.54, 1.807) is 6.07 Å². The van der Waals surface area contributed by atoms with Crippen molar-refractivity contribution in [2.24, 2.45) is 5.73 Å². The van der Waals surface area contributed by atoms with E-state index in [-0.39, 0.29) is 18.6 Å². The van der Waals surface area contributed by atoms with Gasteiger partial charge in [-0.15, -0.1) is 0 Å². The molecule has 3 N–H and O–H groups in total. The monoisotopic (exact) mass is 345 g/mol. The van der Waals surface area contributed by atoms with Crippen LogP contribution in [0, 0.1) is 5.82 Å². The molecule has 0 aliphatic heterocycles. The summed E-state index contributed by atoms with van der Waals surface area (Å²) < 4.78 is 18.3. The SMILES string of the molecule is NC(Cc1cccc(F)c1)C(=O)Oc1ccc(CC(=O)C(=O)O)cc1. The maximum Gasteiger partial charge on any atom is 0.372 e. The number of carboxylic acid groups (broad SMARTS) is 1. The summed E-state index contributed by atoms with van der Waals surface area (Å²) in [5.74, 6) is -3.31. The topological polar surface area (TPSA) is 107 Å². The number of benzene rings is 2. The molecular weight excluding hydrogens is 329 g/mol. The summed E-state index contributed by atoms with van der Waals surface area (Å²) in [5, 5.41) is 8.56. The minimum Gasteiger partial charge on any atom is -0.475 e. The van der Waals surface area contributed by atoms with Crippen molar-refractivity contribution in [3.63, 3.8) is 0 Å². The van der Waals surface area contributed by atoms with Crippen molar-refractivity contribution >= 4 is 17.7 Å². The molecule has 0 aromatic heterocycles. The predicted molar refractivity (Wildman–Crippen MR) is 86.5 cm³/mol. The molecule has 0 fully saturated rings. The minimum absolute atomic E-state index is 0.127. The van der Waals surface area contributed by atoms with E-state index in [0.29, 0.717) is 11.1 Å². The first kappa shape index (κ1) is 18.3. The van der Waals surface area contributed by atoms with E-state index in [4.69, 9.17) is 15.6 Å². The molecule has 0 saturated heterocycles. The van der Waals surface area contributed by atoms with Crippen molar-refractivity contribution in [1.29, 1.82) is 0 Å². The highest BCUT2D eigenvalue weighted by atomic mass is 19.1. The van der Waals surface area contributed by atoms with E-state index in [0.717, 1.165) is 0 Å². The summed E-state index contributed by atoms with van der Waals surface area (Å²) in [4.78, 5) is 33.6. The number of esters is 1. The van der Waals surface area contributed by atoms with Gasteiger partial charge in [-0.25, -0.2) is 14.0 Å². The number of hydrogen-bond donors (Lipinski definition) is 2. The van der Waals surface area contributed by atoms with E-state index in [1.807, 2.05) is 0 Å². The van der Waals surface area contributed by atoms with Crippen LogP contribution in [0.15, 0.2) is 48.5 Å². The van der Waals surface area contributed by atoms with Crippen LogP contribution in [0.4, 0.5) is 4.39 Å². The van der Waals surface area contributed by atoms with Crippen molar-refractivity contribution in [2.75, 3.05) is 0 Å². The molecule has 0 aliphatic rings. The largest absolute Gasteiger partial charge is 0.475 e. The van der Waals surface area contributed by atoms with Gasteiger partial charge in [0.15, 0.2) is 0 Å². The van der Waals surface area contributed by atoms with Crippen molar-refractivity contribution in [3.05, 3.63) is 65.5 Å². The van der Waals surface area contributed by atoms with Crippen LogP contribution in [-0.2, 0) is 27.2 Å². The lowest BCUT2D eigenvalue weighted by atomic mass is 10.1. The summed E-state index contributed by atoms with van der Waals surface area (Å²) in [7, 11) is 0. The van der Waals surface area contributed by atoms with E-state index in [9.17, 15) is 18.8 Å². The van der Waals surface area contributed by atoms with Gasteiger partial charge in [0.1, 0.15) is 17.6 Å². The van der Waals surface area contributed by atoms with Gasteiger partial charge in [0.2, 0.25) is 5.78 Å². The average molecular weight is 345 g/mol. The van der Waals surface area contributed by atoms with E-state index in [2.05, 4.69) is 0 Å². The Labute approximate surface area is 143 Å². The number of rotatable bonds is 7. The maximum absolute atomic E-state index is 13.1. The van der Waals surface area contributed by atoms with Crippen LogP contribution in [0.5, 0.6) is 5.75 Å². The lowest BCUT2D eigenvalue weighted by Gasteiger charge is -2.11. The Morgan fingerprint density at radius 2 is 1.76 bits per heavy atom. The molecule has 0 spiro atoms. The number of nitrogens with two attached hydrogens (primary N) is 1. The number of Topliss-reactive ketones (excluding diaryl/α,β-unsaturated/α-hetero) is 1. The van der Waals surface area contributed by atoms with Gasteiger partial charge in [-0.3, -0.25) is 4.79 Å². The molecule has 130 valence electrons. The summed E-state index contributed by atoms with van der Waals surface area (Å²) >= 11 is 0. The smallest absolute Gasteiger partial charge is 0.372 e. The predicted octanol–water partition coefficient (Wildman–Crippen LogP) is 1.50. The zero-order chi connectivity index (χ0) is 18.4. The van der Waals surface area contributed by atoms with Crippen LogP contribution in [0.25, 0.3) is 0 Å². The fourth-order valence-electron chi connectivity index (χ4n) is 2.13. The van der Waals surface area contributed by atoms with Gasteiger partial charge < -0.3 is 15.6 Å². The fraction of sp³-hybridized carbons (Fsp3) is 0.167. The molecule has 0 heterocycles. The number of halogens is 1. The van der Waals surface area contributed by atoms with Crippen molar-refractivity contribution < 1.29 is 28.6 Å². The third-order valence-electron chi connectivity index (χ3n) is 3.39. The average Bonchev–Trinajstić information content (AvgIpc) is 2.56. The summed E-state index contributed by atoms with van der Waals surface area (Å²) in [6.45, 7) is 0. The van der Waals surface area contributed by atoms with Gasteiger partial charge >= 0.3 is 11.9 Å². The Morgan fingerprint density at radius 3 is 2.36 bits per heavy atom. The second-order valence-corrected chi connectivity index (χ2v) is 5.41. The molecule has 2 aromatic rings. The van der Waals surface area contributed by atoms with Gasteiger partial charge in [0.25, 0.3) is 0 Å². The second kappa shape index (κ2) is 8.16. The summed E-state index contributed by atoms with van der Waals surface area (Å²) in [5.41, 5.74) is 6.83. The zero-order valence-corrected chi connectivity index (χ0v) is 13.1. The molecule has 0 aliphatic carbocycles. The molecule has 0 bridgehead atoms. The Bertz CT molecular complexity index is 788. The number of hydrogen-bond acceptors (Lipinski definition) is 5. The normalized spacial score (nSPS) is 11.6. The third-order valence-corrected chi connectivity index (χ3v) is 3.39. The standard InChI is InChI=1S/C18H16FNO5/c19-13-3-1-2-12(8-13)9-15(20)18(24)25-14-6-4-11(5-7-14)10-16(21)17(22)23/h1-8,15H,9-10,20H2,(H,22,23). The van der Waals surface area contributed by atoms with Gasteiger partial charge in [-0.1, -0.05) is 24.3 Å². The van der Waals surface area contributed by atoms with Crippen LogP contribution in [-0.4, -0.2) is 28.9 Å². The van der Waals surface area contributed by atoms with Gasteiger partial charge in [0, 0.05) is 6.42 Å². The van der Waals surface area contributed by atoms with Crippen LogP contribution in [0.1, 0.15) is 11.1 Å². The van der Waals surface area contributed by atoms with Crippen LogP contribution in [0.2, 0.25) is 0 Å². The van der Waals surface area contributed by atoms with Gasteiger partial charge in [0.05, 0.1) is 0 Å². The fourth-order valence-corrected chi connectivity index (χ4v) is 2.13. The zero-order valence-electron chi connectivity index (χ0n) is 13.1. The molecule has 6 nitrogen and oxygen atoms in total. The lowest BCUT2D eigenvalue weighted by molar-refractivity contribution is -0.148. The number of carbonyl (C=O) groups excluding carboxylic acids is 2. The van der Waals surface area contributed by atoms with Crippen LogP contribution < -0.4 is 10.5 Å². The number of carbonyl (C=O) groups is 3. The Kier molecular flexibility index (Phi) is 5.97. The van der Waals surface area contributed by atoms with Gasteiger partial charge in [-0.05, 0) is 41.8 Å². The van der Waals surface area contributed by atoms with E-state index < -0.39 is 29.6 Å². The Hall–Kier alpha value is -3.06. The molecule has 2 aromatic carbocycles. The number of ether oxygens (including phenoxy) is 1. The van der Waals surface area contributed by atoms with Crippen LogP contribution in [0.3, 0.4) is 0 Å². The molecule has 0 amide bonds. The summed E-state index contributed by atoms with van der Waals surface area (Å²) in [6, 6.07) is 10.7.